The minimum absolute atomic E-state index is 0.427. The summed E-state index contributed by atoms with van der Waals surface area (Å²) in [4.78, 5) is 3.22. The highest BCUT2D eigenvalue weighted by Gasteiger charge is 2.08. The Morgan fingerprint density at radius 1 is 1.12 bits per heavy atom. The van der Waals surface area contributed by atoms with Gasteiger partial charge in [0.1, 0.15) is 0 Å². The lowest BCUT2D eigenvalue weighted by atomic mass is 10.2. The van der Waals surface area contributed by atoms with E-state index in [0.29, 0.717) is 15.6 Å². The molecular formula is C17H12ClN5S. The van der Waals surface area contributed by atoms with Crippen molar-refractivity contribution < 1.29 is 0 Å². The van der Waals surface area contributed by atoms with Crippen molar-refractivity contribution in [2.45, 2.75) is 0 Å². The second-order valence-electron chi connectivity index (χ2n) is 5.21. The molecule has 5 nitrogen and oxygen atoms in total. The highest BCUT2D eigenvalue weighted by atomic mass is 35.5. The number of aromatic nitrogens is 4. The quantitative estimate of drug-likeness (QED) is 0.417. The van der Waals surface area contributed by atoms with Gasteiger partial charge in [-0.3, -0.25) is 0 Å². The zero-order valence-corrected chi connectivity index (χ0v) is 14.0. The van der Waals surface area contributed by atoms with E-state index >= 15 is 0 Å². The van der Waals surface area contributed by atoms with Crippen LogP contribution in [0.5, 0.6) is 0 Å². The summed E-state index contributed by atoms with van der Waals surface area (Å²) in [5, 5.41) is 13.3. The first-order valence-corrected chi connectivity index (χ1v) is 8.05. The van der Waals surface area contributed by atoms with Crippen LogP contribution >= 0.6 is 23.8 Å². The first kappa shape index (κ1) is 14.9. The molecule has 0 atom stereocenters. The topological polar surface area (TPSA) is 61.8 Å². The summed E-state index contributed by atoms with van der Waals surface area (Å²) < 4.78 is 2.02. The normalized spacial score (nSPS) is 11.5. The molecule has 0 aliphatic heterocycles. The van der Waals surface area contributed by atoms with Gasteiger partial charge in [-0.05, 0) is 42.5 Å². The van der Waals surface area contributed by atoms with Crippen LogP contribution < -0.4 is 0 Å². The maximum atomic E-state index is 5.94. The summed E-state index contributed by atoms with van der Waals surface area (Å²) in [5.41, 5.74) is 2.92. The van der Waals surface area contributed by atoms with Crippen molar-refractivity contribution >= 4 is 40.9 Å². The van der Waals surface area contributed by atoms with E-state index < -0.39 is 0 Å². The molecule has 0 unspecified atom stereocenters. The van der Waals surface area contributed by atoms with Gasteiger partial charge < -0.3 is 4.98 Å². The second-order valence-corrected chi connectivity index (χ2v) is 6.03. The molecule has 0 saturated heterocycles. The average molecular weight is 354 g/mol. The number of rotatable bonds is 3. The zero-order valence-electron chi connectivity index (χ0n) is 12.4. The van der Waals surface area contributed by atoms with Crippen molar-refractivity contribution in [1.29, 1.82) is 0 Å². The Hall–Kier alpha value is -2.70. The van der Waals surface area contributed by atoms with E-state index in [1.807, 2.05) is 54.7 Å². The molecule has 0 aliphatic rings. The predicted molar refractivity (Wildman–Crippen MR) is 99.1 cm³/mol. The molecule has 0 spiro atoms. The molecule has 0 aliphatic carbocycles. The highest BCUT2D eigenvalue weighted by molar-refractivity contribution is 7.71. The number of halogens is 1. The monoisotopic (exact) mass is 353 g/mol. The van der Waals surface area contributed by atoms with Gasteiger partial charge >= 0.3 is 0 Å². The van der Waals surface area contributed by atoms with Crippen molar-refractivity contribution in [1.82, 2.24) is 19.9 Å². The minimum atomic E-state index is 0.427. The number of benzene rings is 2. The summed E-state index contributed by atoms with van der Waals surface area (Å²) in [6.45, 7) is 0. The molecule has 2 N–H and O–H groups in total. The fourth-order valence-corrected chi connectivity index (χ4v) is 2.81. The molecule has 0 amide bonds. The smallest absolute Gasteiger partial charge is 0.216 e. The van der Waals surface area contributed by atoms with Crippen LogP contribution in [-0.2, 0) is 0 Å². The standard InChI is InChI=1S/C17H12ClN5S/c18-13-7-5-11(6-8-13)16-21-22-17(24)23(16)20-10-12-9-19-15-4-2-1-3-14(12)15/h1-10,19H,(H,22,24). The van der Waals surface area contributed by atoms with Crippen LogP contribution in [-0.4, -0.2) is 26.1 Å². The average Bonchev–Trinajstić information content (AvgIpc) is 3.17. The number of hydrogen-bond acceptors (Lipinski definition) is 3. The largest absolute Gasteiger partial charge is 0.361 e. The number of hydrogen-bond donors (Lipinski definition) is 2. The van der Waals surface area contributed by atoms with E-state index in [4.69, 9.17) is 23.8 Å². The van der Waals surface area contributed by atoms with E-state index in [1.54, 1.807) is 10.9 Å². The SMILES string of the molecule is S=c1[nH]nc(-c2ccc(Cl)cc2)n1N=Cc1c[nH]c2ccccc12. The summed E-state index contributed by atoms with van der Waals surface area (Å²) in [6, 6.07) is 15.4. The van der Waals surface area contributed by atoms with E-state index in [-0.39, 0.29) is 0 Å². The van der Waals surface area contributed by atoms with Gasteiger partial charge in [0.25, 0.3) is 0 Å². The lowest BCUT2D eigenvalue weighted by Crippen LogP contribution is -1.94. The minimum Gasteiger partial charge on any atom is -0.361 e. The maximum Gasteiger partial charge on any atom is 0.216 e. The fourth-order valence-electron chi connectivity index (χ4n) is 2.51. The third-order valence-electron chi connectivity index (χ3n) is 3.69. The lowest BCUT2D eigenvalue weighted by Gasteiger charge is -2.01. The fraction of sp³-hybridized carbons (Fsp3) is 0. The molecule has 7 heteroatoms. The Balaban J connectivity index is 1.76. The Labute approximate surface area is 147 Å². The number of nitrogens with one attached hydrogen (secondary N) is 2. The van der Waals surface area contributed by atoms with Crippen molar-refractivity contribution in [2.24, 2.45) is 5.10 Å². The van der Waals surface area contributed by atoms with Gasteiger partial charge in [-0.25, -0.2) is 5.10 Å². The molecule has 4 aromatic rings. The van der Waals surface area contributed by atoms with Gasteiger partial charge in [-0.15, -0.1) is 0 Å². The van der Waals surface area contributed by atoms with Crippen molar-refractivity contribution in [3.8, 4) is 11.4 Å². The molecule has 0 bridgehead atoms. The molecule has 118 valence electrons. The number of fused-ring (bicyclic) bond motifs is 1. The molecule has 0 saturated carbocycles. The lowest BCUT2D eigenvalue weighted by molar-refractivity contribution is 0.872. The van der Waals surface area contributed by atoms with Gasteiger partial charge in [0.2, 0.25) is 4.77 Å². The number of nitrogens with zero attached hydrogens (tertiary/aromatic N) is 3. The summed E-state index contributed by atoms with van der Waals surface area (Å²) in [7, 11) is 0. The van der Waals surface area contributed by atoms with E-state index in [2.05, 4.69) is 20.3 Å². The molecule has 2 heterocycles. The van der Waals surface area contributed by atoms with Crippen LogP contribution in [0.3, 0.4) is 0 Å². The summed E-state index contributed by atoms with van der Waals surface area (Å²) >= 11 is 11.2. The van der Waals surface area contributed by atoms with Gasteiger partial charge in [0.05, 0.1) is 6.21 Å². The maximum absolute atomic E-state index is 5.94. The third-order valence-corrected chi connectivity index (χ3v) is 4.20. The van der Waals surface area contributed by atoms with E-state index in [9.17, 15) is 0 Å². The molecule has 0 fully saturated rings. The predicted octanol–water partition coefficient (Wildman–Crippen LogP) is 4.62. The number of H-pyrrole nitrogens is 2. The third kappa shape index (κ3) is 2.66. The number of aromatic amines is 2. The Kier molecular flexibility index (Phi) is 3.76. The van der Waals surface area contributed by atoms with Gasteiger partial charge in [0.15, 0.2) is 5.82 Å². The van der Waals surface area contributed by atoms with E-state index in [0.717, 1.165) is 22.0 Å². The summed E-state index contributed by atoms with van der Waals surface area (Å²) in [5.74, 6) is 0.632. The van der Waals surface area contributed by atoms with Gasteiger partial charge in [-0.1, -0.05) is 29.8 Å². The zero-order chi connectivity index (χ0) is 16.5. The van der Waals surface area contributed by atoms with Crippen LogP contribution in [0.2, 0.25) is 5.02 Å². The molecular weight excluding hydrogens is 342 g/mol. The molecule has 2 aromatic heterocycles. The van der Waals surface area contributed by atoms with E-state index in [1.165, 1.54) is 0 Å². The van der Waals surface area contributed by atoms with Crippen LogP contribution in [0.15, 0.2) is 59.8 Å². The molecule has 24 heavy (non-hydrogen) atoms. The van der Waals surface area contributed by atoms with Gasteiger partial charge in [-0.2, -0.15) is 14.9 Å². The Morgan fingerprint density at radius 2 is 1.92 bits per heavy atom. The first-order chi connectivity index (χ1) is 11.7. The van der Waals surface area contributed by atoms with Gasteiger partial charge in [0, 0.05) is 33.2 Å². The van der Waals surface area contributed by atoms with Crippen LogP contribution in [0, 0.1) is 4.77 Å². The van der Waals surface area contributed by atoms with Crippen molar-refractivity contribution in [3.05, 3.63) is 70.1 Å². The Morgan fingerprint density at radius 3 is 2.75 bits per heavy atom. The second kappa shape index (κ2) is 6.07. The molecule has 4 rings (SSSR count). The van der Waals surface area contributed by atoms with Crippen molar-refractivity contribution in [2.75, 3.05) is 0 Å². The van der Waals surface area contributed by atoms with Crippen LogP contribution in [0.4, 0.5) is 0 Å². The first-order valence-electron chi connectivity index (χ1n) is 7.26. The van der Waals surface area contributed by atoms with Crippen LogP contribution in [0.1, 0.15) is 5.56 Å². The molecule has 2 aromatic carbocycles. The summed E-state index contributed by atoms with van der Waals surface area (Å²) in [6.07, 6.45) is 3.68. The highest BCUT2D eigenvalue weighted by Crippen LogP contribution is 2.20. The van der Waals surface area contributed by atoms with Crippen LogP contribution in [0.25, 0.3) is 22.3 Å². The van der Waals surface area contributed by atoms with Crippen molar-refractivity contribution in [3.63, 3.8) is 0 Å². The molecule has 0 radical (unpaired) electrons. The Bertz CT molecular complexity index is 1090. The number of para-hydroxylation sites is 1.